The molecule has 2 aromatic heterocycles. The second-order valence-electron chi connectivity index (χ2n) is 5.86. The Balaban J connectivity index is 2.01. The maximum Gasteiger partial charge on any atom is 0.416 e. The third kappa shape index (κ3) is 4.52. The Labute approximate surface area is 154 Å². The summed E-state index contributed by atoms with van der Waals surface area (Å²) in [5, 5.41) is 6.00. The predicted molar refractivity (Wildman–Crippen MR) is 98.9 cm³/mol. The molecule has 0 saturated heterocycles. The molecule has 0 aliphatic carbocycles. The van der Waals surface area contributed by atoms with E-state index in [1.165, 1.54) is 6.07 Å². The fourth-order valence-electron chi connectivity index (χ4n) is 2.46. The van der Waals surface area contributed by atoms with Gasteiger partial charge in [-0.05, 0) is 43.7 Å². The van der Waals surface area contributed by atoms with Crippen LogP contribution in [0.3, 0.4) is 0 Å². The van der Waals surface area contributed by atoms with Crippen LogP contribution in [0, 0.1) is 6.92 Å². The Hall–Kier alpha value is -3.16. The lowest BCUT2D eigenvalue weighted by molar-refractivity contribution is -0.137. The highest BCUT2D eigenvalue weighted by molar-refractivity contribution is 5.67. The second-order valence-corrected chi connectivity index (χ2v) is 5.86. The molecule has 0 aliphatic rings. The molecule has 27 heavy (non-hydrogen) atoms. The number of nitrogens with zero attached hydrogens (tertiary/aromatic N) is 3. The maximum atomic E-state index is 13.0. The quantitative estimate of drug-likeness (QED) is 0.656. The molecule has 0 amide bonds. The molecule has 3 aromatic rings. The lowest BCUT2D eigenvalue weighted by Crippen LogP contribution is -2.08. The van der Waals surface area contributed by atoms with Crippen molar-refractivity contribution in [3.63, 3.8) is 0 Å². The first-order valence-electron chi connectivity index (χ1n) is 8.36. The van der Waals surface area contributed by atoms with Gasteiger partial charge >= 0.3 is 6.18 Å². The van der Waals surface area contributed by atoms with E-state index in [-0.39, 0.29) is 0 Å². The van der Waals surface area contributed by atoms with Crippen LogP contribution in [-0.4, -0.2) is 21.5 Å². The zero-order valence-electron chi connectivity index (χ0n) is 14.8. The molecule has 0 aliphatic heterocycles. The number of halogens is 3. The molecule has 8 heteroatoms. The molecule has 0 radical (unpaired) electrons. The standard InChI is InChI=1S/C19H18F3N5/c1-3-23-18-26-16(14-6-4-5-9-24-14)11-17(27-18)25-15-10-13(19(20,21)22)8-7-12(15)2/h4-11H,3H2,1-2H3,(H2,23,25,26,27). The summed E-state index contributed by atoms with van der Waals surface area (Å²) in [6.45, 7) is 4.24. The average Bonchev–Trinajstić information content (AvgIpc) is 2.63. The van der Waals surface area contributed by atoms with Crippen LogP contribution in [0.4, 0.5) is 30.6 Å². The second kappa shape index (κ2) is 7.61. The summed E-state index contributed by atoms with van der Waals surface area (Å²) in [7, 11) is 0. The molecule has 0 spiro atoms. The van der Waals surface area contributed by atoms with Gasteiger partial charge in [0, 0.05) is 24.5 Å². The van der Waals surface area contributed by atoms with Crippen molar-refractivity contribution in [1.82, 2.24) is 15.0 Å². The molecule has 5 nitrogen and oxygen atoms in total. The van der Waals surface area contributed by atoms with Gasteiger partial charge in [0.15, 0.2) is 0 Å². The number of aryl methyl sites for hydroxylation is 1. The average molecular weight is 373 g/mol. The molecule has 140 valence electrons. The summed E-state index contributed by atoms with van der Waals surface area (Å²) in [6.07, 6.45) is -2.77. The Morgan fingerprint density at radius 2 is 1.81 bits per heavy atom. The summed E-state index contributed by atoms with van der Waals surface area (Å²) in [5.74, 6) is 0.747. The number of hydrogen-bond acceptors (Lipinski definition) is 5. The van der Waals surface area contributed by atoms with Gasteiger partial charge in [-0.25, -0.2) is 4.98 Å². The number of anilines is 3. The maximum absolute atomic E-state index is 13.0. The van der Waals surface area contributed by atoms with E-state index >= 15 is 0 Å². The number of nitrogens with one attached hydrogen (secondary N) is 2. The number of aromatic nitrogens is 3. The molecule has 2 N–H and O–H groups in total. The van der Waals surface area contributed by atoms with Gasteiger partial charge in [-0.1, -0.05) is 12.1 Å². The number of rotatable bonds is 5. The molecule has 3 rings (SSSR count). The van der Waals surface area contributed by atoms with Gasteiger partial charge in [0.1, 0.15) is 5.82 Å². The van der Waals surface area contributed by atoms with E-state index in [9.17, 15) is 13.2 Å². The third-order valence-corrected chi connectivity index (χ3v) is 3.82. The van der Waals surface area contributed by atoms with Crippen molar-refractivity contribution in [2.24, 2.45) is 0 Å². The van der Waals surface area contributed by atoms with Gasteiger partial charge in [0.25, 0.3) is 0 Å². The smallest absolute Gasteiger partial charge is 0.354 e. The van der Waals surface area contributed by atoms with Crippen molar-refractivity contribution in [2.45, 2.75) is 20.0 Å². The molecule has 0 unspecified atom stereocenters. The van der Waals surface area contributed by atoms with E-state index in [2.05, 4.69) is 25.6 Å². The highest BCUT2D eigenvalue weighted by Gasteiger charge is 2.30. The summed E-state index contributed by atoms with van der Waals surface area (Å²) in [6, 6.07) is 10.6. The van der Waals surface area contributed by atoms with Gasteiger partial charge in [0.05, 0.1) is 17.0 Å². The van der Waals surface area contributed by atoms with Crippen LogP contribution in [0.25, 0.3) is 11.4 Å². The SMILES string of the molecule is CCNc1nc(Nc2cc(C(F)(F)F)ccc2C)cc(-c2ccccn2)n1. The summed E-state index contributed by atoms with van der Waals surface area (Å²) >= 11 is 0. The number of pyridine rings is 1. The first-order valence-corrected chi connectivity index (χ1v) is 8.36. The van der Waals surface area contributed by atoms with Gasteiger partial charge in [0.2, 0.25) is 5.95 Å². The van der Waals surface area contributed by atoms with Crippen molar-refractivity contribution >= 4 is 17.5 Å². The fourth-order valence-corrected chi connectivity index (χ4v) is 2.46. The molecule has 0 bridgehead atoms. The fraction of sp³-hybridized carbons (Fsp3) is 0.211. The van der Waals surface area contributed by atoms with Crippen LogP contribution in [0.1, 0.15) is 18.1 Å². The zero-order valence-corrected chi connectivity index (χ0v) is 14.8. The summed E-state index contributed by atoms with van der Waals surface area (Å²) in [5.41, 5.74) is 1.49. The van der Waals surface area contributed by atoms with E-state index in [0.717, 1.165) is 12.1 Å². The lowest BCUT2D eigenvalue weighted by atomic mass is 10.1. The van der Waals surface area contributed by atoms with E-state index in [1.807, 2.05) is 13.0 Å². The van der Waals surface area contributed by atoms with Gasteiger partial charge in [-0.15, -0.1) is 0 Å². The Morgan fingerprint density at radius 1 is 1.00 bits per heavy atom. The van der Waals surface area contributed by atoms with Gasteiger partial charge in [-0.2, -0.15) is 18.2 Å². The Morgan fingerprint density at radius 3 is 2.48 bits per heavy atom. The predicted octanol–water partition coefficient (Wildman–Crippen LogP) is 5.04. The van der Waals surface area contributed by atoms with Crippen molar-refractivity contribution in [1.29, 1.82) is 0 Å². The minimum absolute atomic E-state index is 0.331. The van der Waals surface area contributed by atoms with Crippen LogP contribution in [0.5, 0.6) is 0 Å². The van der Waals surface area contributed by atoms with E-state index in [1.54, 1.807) is 31.3 Å². The monoisotopic (exact) mass is 373 g/mol. The normalized spacial score (nSPS) is 11.3. The largest absolute Gasteiger partial charge is 0.416 e. The summed E-state index contributed by atoms with van der Waals surface area (Å²) in [4.78, 5) is 13.0. The van der Waals surface area contributed by atoms with E-state index in [4.69, 9.17) is 0 Å². The van der Waals surface area contributed by atoms with E-state index in [0.29, 0.717) is 40.9 Å². The van der Waals surface area contributed by atoms with Gasteiger partial charge in [-0.3, -0.25) is 4.98 Å². The zero-order chi connectivity index (χ0) is 19.4. The molecule has 0 atom stereocenters. The van der Waals surface area contributed by atoms with Crippen molar-refractivity contribution in [3.8, 4) is 11.4 Å². The number of hydrogen-bond donors (Lipinski definition) is 2. The lowest BCUT2D eigenvalue weighted by Gasteiger charge is -2.14. The van der Waals surface area contributed by atoms with Crippen LogP contribution in [0.15, 0.2) is 48.7 Å². The molecule has 0 saturated carbocycles. The highest BCUT2D eigenvalue weighted by Crippen LogP contribution is 2.33. The van der Waals surface area contributed by atoms with Crippen molar-refractivity contribution < 1.29 is 13.2 Å². The molecular formula is C19H18F3N5. The number of alkyl halides is 3. The first-order chi connectivity index (χ1) is 12.9. The first kappa shape index (κ1) is 18.6. The van der Waals surface area contributed by atoms with Crippen molar-refractivity contribution in [2.75, 3.05) is 17.2 Å². The summed E-state index contributed by atoms with van der Waals surface area (Å²) < 4.78 is 39.0. The molecule has 1 aromatic carbocycles. The minimum Gasteiger partial charge on any atom is -0.354 e. The minimum atomic E-state index is -4.41. The van der Waals surface area contributed by atoms with Crippen LogP contribution < -0.4 is 10.6 Å². The van der Waals surface area contributed by atoms with Crippen LogP contribution in [-0.2, 0) is 6.18 Å². The topological polar surface area (TPSA) is 62.7 Å². The van der Waals surface area contributed by atoms with Crippen LogP contribution >= 0.6 is 0 Å². The Kier molecular flexibility index (Phi) is 5.25. The van der Waals surface area contributed by atoms with Gasteiger partial charge < -0.3 is 10.6 Å². The van der Waals surface area contributed by atoms with E-state index < -0.39 is 11.7 Å². The van der Waals surface area contributed by atoms with Crippen molar-refractivity contribution in [3.05, 3.63) is 59.8 Å². The van der Waals surface area contributed by atoms with Crippen LogP contribution in [0.2, 0.25) is 0 Å². The molecule has 2 heterocycles. The third-order valence-electron chi connectivity index (χ3n) is 3.82. The molecule has 0 fully saturated rings. The molecular weight excluding hydrogens is 355 g/mol. The highest BCUT2D eigenvalue weighted by atomic mass is 19.4. The number of benzene rings is 1. The Bertz CT molecular complexity index is 926.